The summed E-state index contributed by atoms with van der Waals surface area (Å²) in [6, 6.07) is 4.60. The number of hydrogen-bond donors (Lipinski definition) is 1. The molecule has 102 valence electrons. The first-order valence-electron chi connectivity index (χ1n) is 7.07. The summed E-state index contributed by atoms with van der Waals surface area (Å²) in [5, 5.41) is 4.68. The smallest absolute Gasteiger partial charge is 0.105 e. The zero-order chi connectivity index (χ0) is 13.2. The van der Waals surface area contributed by atoms with E-state index >= 15 is 0 Å². The van der Waals surface area contributed by atoms with Crippen molar-refractivity contribution in [1.29, 1.82) is 0 Å². The molecule has 0 bridgehead atoms. The summed E-state index contributed by atoms with van der Waals surface area (Å²) in [5.74, 6) is 0.905. The summed E-state index contributed by atoms with van der Waals surface area (Å²) < 4.78 is 7.43. The summed E-state index contributed by atoms with van der Waals surface area (Å²) >= 11 is 0. The largest absolute Gasteiger partial charge is 0.469 e. The zero-order valence-corrected chi connectivity index (χ0v) is 11.4. The third kappa shape index (κ3) is 2.59. The van der Waals surface area contributed by atoms with Crippen molar-refractivity contribution in [2.45, 2.75) is 51.1 Å². The average Bonchev–Trinajstić information content (AvgIpc) is 3.07. The van der Waals surface area contributed by atoms with Gasteiger partial charge in [-0.1, -0.05) is 12.8 Å². The molecule has 4 heteroatoms. The van der Waals surface area contributed by atoms with E-state index in [1.54, 1.807) is 6.26 Å². The van der Waals surface area contributed by atoms with Gasteiger partial charge in [0.05, 0.1) is 18.0 Å². The molecule has 0 saturated heterocycles. The Morgan fingerprint density at radius 3 is 2.89 bits per heavy atom. The highest BCUT2D eigenvalue weighted by Crippen LogP contribution is 2.29. The number of nitrogens with two attached hydrogens (primary N) is 1. The number of furan rings is 1. The fourth-order valence-corrected chi connectivity index (χ4v) is 2.97. The topological polar surface area (TPSA) is 57.0 Å². The van der Waals surface area contributed by atoms with Gasteiger partial charge in [-0.05, 0) is 31.9 Å². The van der Waals surface area contributed by atoms with E-state index < -0.39 is 0 Å². The van der Waals surface area contributed by atoms with Gasteiger partial charge >= 0.3 is 0 Å². The van der Waals surface area contributed by atoms with Crippen molar-refractivity contribution < 1.29 is 4.42 Å². The SMILES string of the molecule is Cc1occc1C(N)Cc1ccn(C2CCCC2)n1. The molecule has 3 rings (SSSR count). The molecule has 1 unspecified atom stereocenters. The highest BCUT2D eigenvalue weighted by molar-refractivity contribution is 5.21. The van der Waals surface area contributed by atoms with Crippen LogP contribution in [-0.2, 0) is 6.42 Å². The van der Waals surface area contributed by atoms with E-state index in [2.05, 4.69) is 22.0 Å². The summed E-state index contributed by atoms with van der Waals surface area (Å²) in [6.07, 6.45) is 9.73. The molecule has 1 atom stereocenters. The van der Waals surface area contributed by atoms with Gasteiger partial charge in [0, 0.05) is 24.2 Å². The maximum atomic E-state index is 6.23. The zero-order valence-electron chi connectivity index (χ0n) is 11.4. The number of hydrogen-bond acceptors (Lipinski definition) is 3. The lowest BCUT2D eigenvalue weighted by atomic mass is 10.0. The van der Waals surface area contributed by atoms with Crippen molar-refractivity contribution in [2.24, 2.45) is 5.73 Å². The second kappa shape index (κ2) is 5.21. The highest BCUT2D eigenvalue weighted by atomic mass is 16.3. The molecule has 2 aromatic rings. The van der Waals surface area contributed by atoms with Gasteiger partial charge in [0.2, 0.25) is 0 Å². The normalized spacial score (nSPS) is 18.0. The van der Waals surface area contributed by atoms with Crippen LogP contribution in [0, 0.1) is 6.92 Å². The summed E-state index contributed by atoms with van der Waals surface area (Å²) in [4.78, 5) is 0. The molecule has 4 nitrogen and oxygen atoms in total. The second-order valence-corrected chi connectivity index (χ2v) is 5.47. The van der Waals surface area contributed by atoms with E-state index in [1.807, 2.05) is 13.0 Å². The fraction of sp³-hybridized carbons (Fsp3) is 0.533. The molecule has 1 fully saturated rings. The van der Waals surface area contributed by atoms with Gasteiger partial charge in [-0.3, -0.25) is 4.68 Å². The Morgan fingerprint density at radius 1 is 1.42 bits per heavy atom. The Labute approximate surface area is 113 Å². The number of rotatable bonds is 4. The molecule has 1 saturated carbocycles. The summed E-state index contributed by atoms with van der Waals surface area (Å²) in [5.41, 5.74) is 8.37. The average molecular weight is 259 g/mol. The third-order valence-electron chi connectivity index (χ3n) is 4.09. The van der Waals surface area contributed by atoms with E-state index in [1.165, 1.54) is 25.7 Å². The lowest BCUT2D eigenvalue weighted by Gasteiger charge is -2.10. The van der Waals surface area contributed by atoms with E-state index in [0.717, 1.165) is 23.4 Å². The van der Waals surface area contributed by atoms with Gasteiger partial charge in [0.1, 0.15) is 5.76 Å². The minimum absolute atomic E-state index is 0.0364. The van der Waals surface area contributed by atoms with Crippen LogP contribution < -0.4 is 5.73 Å². The van der Waals surface area contributed by atoms with Gasteiger partial charge in [-0.2, -0.15) is 5.10 Å². The Hall–Kier alpha value is -1.55. The fourth-order valence-electron chi connectivity index (χ4n) is 2.97. The second-order valence-electron chi connectivity index (χ2n) is 5.47. The first-order chi connectivity index (χ1) is 9.24. The minimum Gasteiger partial charge on any atom is -0.469 e. The molecule has 0 radical (unpaired) electrons. The lowest BCUT2D eigenvalue weighted by molar-refractivity contribution is 0.461. The quantitative estimate of drug-likeness (QED) is 0.917. The van der Waals surface area contributed by atoms with Crippen LogP contribution in [0.1, 0.15) is 54.8 Å². The maximum Gasteiger partial charge on any atom is 0.105 e. The molecule has 0 amide bonds. The molecule has 0 aliphatic heterocycles. The lowest BCUT2D eigenvalue weighted by Crippen LogP contribution is -2.14. The van der Waals surface area contributed by atoms with Crippen LogP contribution in [0.4, 0.5) is 0 Å². The first kappa shape index (κ1) is 12.5. The van der Waals surface area contributed by atoms with Gasteiger partial charge in [-0.25, -0.2) is 0 Å². The van der Waals surface area contributed by atoms with Gasteiger partial charge in [0.15, 0.2) is 0 Å². The Bertz CT molecular complexity index is 537. The number of aryl methyl sites for hydroxylation is 1. The van der Waals surface area contributed by atoms with E-state index in [4.69, 9.17) is 10.2 Å². The number of aromatic nitrogens is 2. The Kier molecular flexibility index (Phi) is 3.42. The molecule has 1 aliphatic rings. The van der Waals surface area contributed by atoms with Crippen LogP contribution >= 0.6 is 0 Å². The van der Waals surface area contributed by atoms with Crippen molar-refractivity contribution >= 4 is 0 Å². The predicted octanol–water partition coefficient (Wildman–Crippen LogP) is 3.14. The molecule has 2 heterocycles. The van der Waals surface area contributed by atoms with E-state index in [9.17, 15) is 0 Å². The van der Waals surface area contributed by atoms with Crippen molar-refractivity contribution in [2.75, 3.05) is 0 Å². The van der Waals surface area contributed by atoms with Crippen LogP contribution in [0.15, 0.2) is 29.0 Å². The van der Waals surface area contributed by atoms with Gasteiger partial charge in [-0.15, -0.1) is 0 Å². The minimum atomic E-state index is -0.0364. The third-order valence-corrected chi connectivity index (χ3v) is 4.09. The van der Waals surface area contributed by atoms with Crippen LogP contribution in [0.25, 0.3) is 0 Å². The molecule has 19 heavy (non-hydrogen) atoms. The molecule has 0 aromatic carbocycles. The standard InChI is InChI=1S/C15H21N3O/c1-11-14(7-9-19-11)15(16)10-12-6-8-18(17-12)13-4-2-3-5-13/h6-9,13,15H,2-5,10,16H2,1H3. The van der Waals surface area contributed by atoms with Gasteiger partial charge in [0.25, 0.3) is 0 Å². The van der Waals surface area contributed by atoms with Crippen molar-refractivity contribution in [3.63, 3.8) is 0 Å². The number of nitrogens with zero attached hydrogens (tertiary/aromatic N) is 2. The van der Waals surface area contributed by atoms with Crippen LogP contribution in [0.3, 0.4) is 0 Å². The summed E-state index contributed by atoms with van der Waals surface area (Å²) in [7, 11) is 0. The van der Waals surface area contributed by atoms with Gasteiger partial charge < -0.3 is 10.2 Å². The highest BCUT2D eigenvalue weighted by Gasteiger charge is 2.19. The van der Waals surface area contributed by atoms with Crippen molar-refractivity contribution in [3.05, 3.63) is 41.6 Å². The predicted molar refractivity (Wildman–Crippen MR) is 73.8 cm³/mol. The van der Waals surface area contributed by atoms with Crippen LogP contribution in [-0.4, -0.2) is 9.78 Å². The first-order valence-corrected chi connectivity index (χ1v) is 7.07. The van der Waals surface area contributed by atoms with Crippen molar-refractivity contribution in [3.8, 4) is 0 Å². The van der Waals surface area contributed by atoms with E-state index in [0.29, 0.717) is 6.04 Å². The van der Waals surface area contributed by atoms with Crippen molar-refractivity contribution in [1.82, 2.24) is 9.78 Å². The maximum absolute atomic E-state index is 6.23. The van der Waals surface area contributed by atoms with Crippen LogP contribution in [0.2, 0.25) is 0 Å². The van der Waals surface area contributed by atoms with E-state index in [-0.39, 0.29) is 6.04 Å². The Balaban J connectivity index is 1.68. The Morgan fingerprint density at radius 2 is 2.21 bits per heavy atom. The molecule has 2 aromatic heterocycles. The molecular weight excluding hydrogens is 238 g/mol. The molecule has 1 aliphatic carbocycles. The molecule has 2 N–H and O–H groups in total. The monoisotopic (exact) mass is 259 g/mol. The van der Waals surface area contributed by atoms with Crippen LogP contribution in [0.5, 0.6) is 0 Å². The molecule has 0 spiro atoms. The molecular formula is C15H21N3O. The summed E-state index contributed by atoms with van der Waals surface area (Å²) in [6.45, 7) is 1.95.